The Morgan fingerprint density at radius 1 is 0.952 bits per heavy atom. The third-order valence-electron chi connectivity index (χ3n) is 3.28. The minimum atomic E-state index is 0.484. The Morgan fingerprint density at radius 3 is 2.24 bits per heavy atom. The number of hydrogen-bond acceptors (Lipinski definition) is 2. The number of rotatable bonds is 3. The van der Waals surface area contributed by atoms with E-state index in [2.05, 4.69) is 54.8 Å². The summed E-state index contributed by atoms with van der Waals surface area (Å²) in [5.41, 5.74) is 8.44. The molecule has 0 unspecified atom stereocenters. The maximum atomic E-state index is 5.27. The average molecular weight is 297 g/mol. The van der Waals surface area contributed by atoms with Crippen LogP contribution in [0.2, 0.25) is 0 Å². The molecule has 0 spiro atoms. The number of aryl methyl sites for hydroxylation is 3. The molecule has 21 heavy (non-hydrogen) atoms. The summed E-state index contributed by atoms with van der Waals surface area (Å²) in [6.45, 7) is 6.15. The Kier molecular flexibility index (Phi) is 5.06. The van der Waals surface area contributed by atoms with Crippen molar-refractivity contribution in [1.29, 1.82) is 0 Å². The van der Waals surface area contributed by atoms with Crippen molar-refractivity contribution in [3.63, 3.8) is 0 Å². The SMILES string of the molecule is Cc1ccccc1/C=N/NC(=S)Nc1c(C)cccc1C. The van der Waals surface area contributed by atoms with Gasteiger partial charge in [-0.2, -0.15) is 5.10 Å². The van der Waals surface area contributed by atoms with Crippen molar-refractivity contribution in [2.24, 2.45) is 5.10 Å². The fourth-order valence-corrected chi connectivity index (χ4v) is 2.20. The van der Waals surface area contributed by atoms with Gasteiger partial charge in [0.2, 0.25) is 0 Å². The average Bonchev–Trinajstić information content (AvgIpc) is 2.45. The van der Waals surface area contributed by atoms with Crippen LogP contribution < -0.4 is 10.7 Å². The lowest BCUT2D eigenvalue weighted by Gasteiger charge is -2.12. The van der Waals surface area contributed by atoms with Crippen LogP contribution in [-0.2, 0) is 0 Å². The Labute approximate surface area is 131 Å². The predicted octanol–water partition coefficient (Wildman–Crippen LogP) is 3.93. The zero-order valence-corrected chi connectivity index (χ0v) is 13.3. The van der Waals surface area contributed by atoms with Gasteiger partial charge in [0.1, 0.15) is 0 Å². The van der Waals surface area contributed by atoms with E-state index in [1.807, 2.05) is 24.3 Å². The summed E-state index contributed by atoms with van der Waals surface area (Å²) in [6.07, 6.45) is 1.77. The maximum Gasteiger partial charge on any atom is 0.191 e. The number of anilines is 1. The van der Waals surface area contributed by atoms with E-state index in [0.717, 1.165) is 22.4 Å². The molecule has 0 saturated carbocycles. The number of nitrogens with zero attached hydrogens (tertiary/aromatic N) is 1. The molecule has 0 aliphatic carbocycles. The van der Waals surface area contributed by atoms with Gasteiger partial charge in [-0.15, -0.1) is 0 Å². The number of thiocarbonyl (C=S) groups is 1. The van der Waals surface area contributed by atoms with Crippen molar-refractivity contribution in [2.45, 2.75) is 20.8 Å². The second-order valence-electron chi connectivity index (χ2n) is 4.95. The van der Waals surface area contributed by atoms with E-state index in [-0.39, 0.29) is 0 Å². The molecule has 0 atom stereocenters. The van der Waals surface area contributed by atoms with Crippen LogP contribution in [0, 0.1) is 20.8 Å². The zero-order valence-electron chi connectivity index (χ0n) is 12.5. The van der Waals surface area contributed by atoms with E-state index < -0.39 is 0 Å². The van der Waals surface area contributed by atoms with Crippen LogP contribution in [0.15, 0.2) is 47.6 Å². The topological polar surface area (TPSA) is 36.4 Å². The highest BCUT2D eigenvalue weighted by atomic mass is 32.1. The first-order valence-corrected chi connectivity index (χ1v) is 7.20. The Bertz CT molecular complexity index is 657. The molecule has 0 heterocycles. The first kappa shape index (κ1) is 15.2. The second kappa shape index (κ2) is 6.99. The summed E-state index contributed by atoms with van der Waals surface area (Å²) in [4.78, 5) is 0. The van der Waals surface area contributed by atoms with Crippen molar-refractivity contribution < 1.29 is 0 Å². The first-order valence-electron chi connectivity index (χ1n) is 6.80. The van der Waals surface area contributed by atoms with Gasteiger partial charge in [0.25, 0.3) is 0 Å². The molecule has 108 valence electrons. The smallest absolute Gasteiger partial charge is 0.191 e. The molecular weight excluding hydrogens is 278 g/mol. The number of benzene rings is 2. The summed E-state index contributed by atoms with van der Waals surface area (Å²) in [5.74, 6) is 0. The van der Waals surface area contributed by atoms with Crippen LogP contribution in [0.25, 0.3) is 0 Å². The van der Waals surface area contributed by atoms with Crippen LogP contribution in [0.5, 0.6) is 0 Å². The molecule has 0 aliphatic heterocycles. The van der Waals surface area contributed by atoms with Gasteiger partial charge in [0.15, 0.2) is 5.11 Å². The van der Waals surface area contributed by atoms with Crippen molar-refractivity contribution in [3.8, 4) is 0 Å². The second-order valence-corrected chi connectivity index (χ2v) is 5.36. The third kappa shape index (κ3) is 4.13. The summed E-state index contributed by atoms with van der Waals surface area (Å²) in [5, 5.41) is 7.85. The minimum absolute atomic E-state index is 0.484. The van der Waals surface area contributed by atoms with Crippen molar-refractivity contribution >= 4 is 29.2 Å². The minimum Gasteiger partial charge on any atom is -0.331 e. The lowest BCUT2D eigenvalue weighted by Crippen LogP contribution is -2.24. The van der Waals surface area contributed by atoms with Gasteiger partial charge in [-0.3, -0.25) is 5.43 Å². The number of nitrogens with one attached hydrogen (secondary N) is 2. The molecule has 2 rings (SSSR count). The van der Waals surface area contributed by atoms with Gasteiger partial charge in [-0.25, -0.2) is 0 Å². The van der Waals surface area contributed by atoms with Gasteiger partial charge in [0, 0.05) is 5.69 Å². The van der Waals surface area contributed by atoms with E-state index in [1.165, 1.54) is 5.56 Å². The van der Waals surface area contributed by atoms with Gasteiger partial charge in [-0.05, 0) is 55.2 Å². The molecule has 0 aromatic heterocycles. The van der Waals surface area contributed by atoms with Crippen LogP contribution >= 0.6 is 12.2 Å². The molecule has 2 aromatic carbocycles. The Morgan fingerprint density at radius 2 is 1.57 bits per heavy atom. The van der Waals surface area contributed by atoms with E-state index in [0.29, 0.717) is 5.11 Å². The van der Waals surface area contributed by atoms with Gasteiger partial charge >= 0.3 is 0 Å². The molecule has 0 radical (unpaired) electrons. The summed E-state index contributed by atoms with van der Waals surface area (Å²) >= 11 is 5.27. The first-order chi connectivity index (χ1) is 10.1. The Hall–Kier alpha value is -2.20. The van der Waals surface area contributed by atoms with Crippen molar-refractivity contribution in [2.75, 3.05) is 5.32 Å². The molecule has 2 aromatic rings. The van der Waals surface area contributed by atoms with Crippen LogP contribution in [0.4, 0.5) is 5.69 Å². The van der Waals surface area contributed by atoms with E-state index in [1.54, 1.807) is 6.21 Å². The van der Waals surface area contributed by atoms with Gasteiger partial charge in [0.05, 0.1) is 6.21 Å². The quantitative estimate of drug-likeness (QED) is 0.512. The fraction of sp³-hybridized carbons (Fsp3) is 0.176. The summed E-state index contributed by atoms with van der Waals surface area (Å²) < 4.78 is 0. The number of hydrogen-bond donors (Lipinski definition) is 2. The maximum absolute atomic E-state index is 5.27. The highest BCUT2D eigenvalue weighted by Gasteiger charge is 2.03. The van der Waals surface area contributed by atoms with Crippen molar-refractivity contribution in [3.05, 3.63) is 64.7 Å². The van der Waals surface area contributed by atoms with Crippen LogP contribution in [-0.4, -0.2) is 11.3 Å². The molecule has 4 heteroatoms. The molecule has 0 amide bonds. The monoisotopic (exact) mass is 297 g/mol. The fourth-order valence-electron chi connectivity index (χ4n) is 2.05. The predicted molar refractivity (Wildman–Crippen MR) is 94.0 cm³/mol. The lowest BCUT2D eigenvalue weighted by molar-refractivity contribution is 1.05. The molecular formula is C17H19N3S. The standard InChI is InChI=1S/C17H19N3S/c1-12-7-4-5-10-15(12)11-18-20-17(21)19-16-13(2)8-6-9-14(16)3/h4-11H,1-3H3,(H2,19,20,21)/b18-11+. The van der Waals surface area contributed by atoms with E-state index in [4.69, 9.17) is 12.2 Å². The van der Waals surface area contributed by atoms with E-state index >= 15 is 0 Å². The number of para-hydroxylation sites is 1. The summed E-state index contributed by atoms with van der Waals surface area (Å²) in [7, 11) is 0. The highest BCUT2D eigenvalue weighted by molar-refractivity contribution is 7.80. The van der Waals surface area contributed by atoms with Gasteiger partial charge < -0.3 is 5.32 Å². The normalized spacial score (nSPS) is 10.6. The Balaban J connectivity index is 1.98. The molecule has 0 bridgehead atoms. The summed E-state index contributed by atoms with van der Waals surface area (Å²) in [6, 6.07) is 14.2. The molecule has 0 saturated heterocycles. The highest BCUT2D eigenvalue weighted by Crippen LogP contribution is 2.19. The molecule has 3 nitrogen and oxygen atoms in total. The number of hydrazone groups is 1. The molecule has 0 fully saturated rings. The molecule has 0 aliphatic rings. The van der Waals surface area contributed by atoms with Gasteiger partial charge in [-0.1, -0.05) is 42.5 Å². The lowest BCUT2D eigenvalue weighted by atomic mass is 10.1. The third-order valence-corrected chi connectivity index (χ3v) is 3.47. The largest absolute Gasteiger partial charge is 0.331 e. The zero-order chi connectivity index (χ0) is 15.2. The van der Waals surface area contributed by atoms with Crippen LogP contribution in [0.3, 0.4) is 0 Å². The van der Waals surface area contributed by atoms with Crippen LogP contribution in [0.1, 0.15) is 22.3 Å². The van der Waals surface area contributed by atoms with E-state index in [9.17, 15) is 0 Å². The molecule has 2 N–H and O–H groups in total. The van der Waals surface area contributed by atoms with Crippen molar-refractivity contribution in [1.82, 2.24) is 5.43 Å².